The molecule has 0 N–H and O–H groups in total. The number of halogens is 4. The van der Waals surface area contributed by atoms with Gasteiger partial charge in [0.25, 0.3) is 5.76 Å². The third-order valence-corrected chi connectivity index (χ3v) is 5.48. The largest absolute Gasteiger partial charge is 0.462 e. The molecule has 1 aromatic heterocycles. The molecule has 0 radical (unpaired) electrons. The average Bonchev–Trinajstić information content (AvgIpc) is 2.86. The van der Waals surface area contributed by atoms with Crippen LogP contribution < -0.4 is 14.9 Å². The van der Waals surface area contributed by atoms with E-state index in [1.54, 1.807) is 19.1 Å². The van der Waals surface area contributed by atoms with Crippen molar-refractivity contribution >= 4 is 38.8 Å². The van der Waals surface area contributed by atoms with Gasteiger partial charge in [-0.1, -0.05) is 15.9 Å². The van der Waals surface area contributed by atoms with Gasteiger partial charge in [0.1, 0.15) is 17.1 Å². The lowest BCUT2D eigenvalue weighted by Gasteiger charge is -2.14. The van der Waals surface area contributed by atoms with E-state index in [1.807, 2.05) is 0 Å². The van der Waals surface area contributed by atoms with Crippen LogP contribution in [0.3, 0.4) is 0 Å². The van der Waals surface area contributed by atoms with E-state index < -0.39 is 40.6 Å². The number of carbonyl (C=O) groups is 2. The average molecular weight is 577 g/mol. The molecular weight excluding hydrogens is 561 g/mol. The van der Waals surface area contributed by atoms with Gasteiger partial charge in [0, 0.05) is 10.5 Å². The lowest BCUT2D eigenvalue weighted by Crippen LogP contribution is -2.15. The molecule has 0 fully saturated rings. The highest BCUT2D eigenvalue weighted by atomic mass is 79.9. The first-order valence-corrected chi connectivity index (χ1v) is 11.5. The summed E-state index contributed by atoms with van der Waals surface area (Å²) in [6, 6.07) is 14.7. The molecule has 0 aliphatic heterocycles. The first kappa shape index (κ1) is 26.0. The summed E-state index contributed by atoms with van der Waals surface area (Å²) in [6.45, 7) is 1.78. The van der Waals surface area contributed by atoms with E-state index in [1.165, 1.54) is 48.5 Å². The Morgan fingerprint density at radius 1 is 0.892 bits per heavy atom. The number of carbonyl (C=O) groups excluding carboxylic acids is 2. The van der Waals surface area contributed by atoms with Gasteiger partial charge in [0.05, 0.1) is 23.1 Å². The standard InChI is InChI=1S/C26H16BrF3O7/c1-2-34-24(32)14-5-9-17(10-6-14)35-22-21(31)19-12-11-18(13-20(19)37-23(22)26(28,29)30)36-25(33)15-3-7-16(27)8-4-15/h3-13H,2H2,1H3. The van der Waals surface area contributed by atoms with E-state index >= 15 is 0 Å². The molecule has 190 valence electrons. The van der Waals surface area contributed by atoms with Crippen molar-refractivity contribution in [1.29, 1.82) is 0 Å². The predicted octanol–water partition coefficient (Wildman–Crippen LogP) is 6.76. The Hall–Kier alpha value is -4.12. The molecule has 4 aromatic rings. The maximum Gasteiger partial charge on any atom is 0.453 e. The van der Waals surface area contributed by atoms with Gasteiger partial charge >= 0.3 is 18.1 Å². The Balaban J connectivity index is 1.68. The number of hydrogen-bond acceptors (Lipinski definition) is 7. The van der Waals surface area contributed by atoms with Gasteiger partial charge in [-0.3, -0.25) is 4.79 Å². The molecule has 0 amide bonds. The number of ether oxygens (including phenoxy) is 3. The Kier molecular flexibility index (Phi) is 7.35. The quantitative estimate of drug-likeness (QED) is 0.185. The second-order valence-corrected chi connectivity index (χ2v) is 8.40. The van der Waals surface area contributed by atoms with Crippen LogP contribution in [0.4, 0.5) is 13.2 Å². The molecule has 4 rings (SSSR count). The summed E-state index contributed by atoms with van der Waals surface area (Å²) in [5.74, 6) is -4.38. The molecule has 11 heteroatoms. The molecule has 37 heavy (non-hydrogen) atoms. The van der Waals surface area contributed by atoms with Crippen molar-refractivity contribution < 1.29 is 41.4 Å². The number of rotatable bonds is 6. The normalized spacial score (nSPS) is 11.3. The van der Waals surface area contributed by atoms with Gasteiger partial charge < -0.3 is 18.6 Å². The summed E-state index contributed by atoms with van der Waals surface area (Å²) in [5.41, 5.74) is -1.18. The summed E-state index contributed by atoms with van der Waals surface area (Å²) in [7, 11) is 0. The molecule has 7 nitrogen and oxygen atoms in total. The molecule has 0 saturated heterocycles. The van der Waals surface area contributed by atoms with Crippen LogP contribution in [0.2, 0.25) is 0 Å². The molecule has 0 unspecified atom stereocenters. The zero-order valence-electron chi connectivity index (χ0n) is 18.9. The number of alkyl halides is 3. The van der Waals surface area contributed by atoms with E-state index in [0.717, 1.165) is 10.5 Å². The van der Waals surface area contributed by atoms with Crippen LogP contribution in [-0.4, -0.2) is 18.5 Å². The van der Waals surface area contributed by atoms with Crippen LogP contribution in [0, 0.1) is 0 Å². The van der Waals surface area contributed by atoms with Crippen molar-refractivity contribution in [1.82, 2.24) is 0 Å². The molecular formula is C26H16BrF3O7. The molecule has 0 atom stereocenters. The van der Waals surface area contributed by atoms with E-state index in [9.17, 15) is 27.6 Å². The molecule has 3 aromatic carbocycles. The maximum absolute atomic E-state index is 13.8. The van der Waals surface area contributed by atoms with Crippen molar-refractivity contribution in [2.24, 2.45) is 0 Å². The number of benzene rings is 3. The topological polar surface area (TPSA) is 92.0 Å². The third-order valence-electron chi connectivity index (χ3n) is 4.96. The number of esters is 2. The SMILES string of the molecule is CCOC(=O)c1ccc(Oc2c(C(F)(F)F)oc3cc(OC(=O)c4ccc(Br)cc4)ccc3c2=O)cc1. The zero-order chi connectivity index (χ0) is 26.7. The van der Waals surface area contributed by atoms with Crippen LogP contribution in [0.25, 0.3) is 11.0 Å². The van der Waals surface area contributed by atoms with Crippen molar-refractivity contribution in [3.8, 4) is 17.2 Å². The van der Waals surface area contributed by atoms with Gasteiger partial charge in [-0.25, -0.2) is 9.59 Å². The zero-order valence-corrected chi connectivity index (χ0v) is 20.5. The lowest BCUT2D eigenvalue weighted by atomic mass is 10.2. The summed E-state index contributed by atoms with van der Waals surface area (Å²) in [5, 5.41) is -0.227. The first-order chi connectivity index (χ1) is 17.6. The Bertz CT molecular complexity index is 1530. The Morgan fingerprint density at radius 3 is 2.11 bits per heavy atom. The van der Waals surface area contributed by atoms with Crippen molar-refractivity contribution in [2.75, 3.05) is 6.61 Å². The minimum Gasteiger partial charge on any atom is -0.462 e. The molecule has 0 aliphatic carbocycles. The van der Waals surface area contributed by atoms with Crippen LogP contribution in [-0.2, 0) is 10.9 Å². The van der Waals surface area contributed by atoms with Gasteiger partial charge in [0.15, 0.2) is 0 Å². The van der Waals surface area contributed by atoms with E-state index in [4.69, 9.17) is 18.6 Å². The molecule has 0 aliphatic rings. The first-order valence-electron chi connectivity index (χ1n) is 10.7. The van der Waals surface area contributed by atoms with Crippen molar-refractivity contribution in [3.05, 3.63) is 98.3 Å². The summed E-state index contributed by atoms with van der Waals surface area (Å²) >= 11 is 3.24. The van der Waals surface area contributed by atoms with Crippen molar-refractivity contribution in [2.45, 2.75) is 13.1 Å². The second kappa shape index (κ2) is 10.5. The van der Waals surface area contributed by atoms with Crippen LogP contribution in [0.15, 0.2) is 80.4 Å². The maximum atomic E-state index is 13.8. The highest BCUT2D eigenvalue weighted by Gasteiger charge is 2.40. The van der Waals surface area contributed by atoms with Gasteiger partial charge in [-0.2, -0.15) is 13.2 Å². The highest BCUT2D eigenvalue weighted by Crippen LogP contribution is 2.38. The van der Waals surface area contributed by atoms with E-state index in [2.05, 4.69) is 15.9 Å². The van der Waals surface area contributed by atoms with Crippen LogP contribution in [0.5, 0.6) is 17.2 Å². The summed E-state index contributed by atoms with van der Waals surface area (Å²) in [6.07, 6.45) is -5.09. The fourth-order valence-electron chi connectivity index (χ4n) is 3.24. The Labute approximate surface area is 215 Å². The summed E-state index contributed by atoms with van der Waals surface area (Å²) < 4.78 is 62.6. The van der Waals surface area contributed by atoms with E-state index in [-0.39, 0.29) is 34.6 Å². The van der Waals surface area contributed by atoms with Crippen LogP contribution >= 0.6 is 15.9 Å². The van der Waals surface area contributed by atoms with Gasteiger partial charge in [-0.05, 0) is 67.6 Å². The fourth-order valence-corrected chi connectivity index (χ4v) is 3.51. The molecule has 0 saturated carbocycles. The van der Waals surface area contributed by atoms with E-state index in [0.29, 0.717) is 0 Å². The Morgan fingerprint density at radius 2 is 1.49 bits per heavy atom. The smallest absolute Gasteiger partial charge is 0.453 e. The molecule has 0 bridgehead atoms. The molecule has 0 spiro atoms. The lowest BCUT2D eigenvalue weighted by molar-refractivity contribution is -0.154. The molecule has 1 heterocycles. The number of hydrogen-bond donors (Lipinski definition) is 0. The fraction of sp³-hybridized carbons (Fsp3) is 0.115. The van der Waals surface area contributed by atoms with Gasteiger partial charge in [-0.15, -0.1) is 0 Å². The monoisotopic (exact) mass is 576 g/mol. The predicted molar refractivity (Wildman–Crippen MR) is 129 cm³/mol. The minimum atomic E-state index is -5.09. The number of fused-ring (bicyclic) bond motifs is 1. The summed E-state index contributed by atoms with van der Waals surface area (Å²) in [4.78, 5) is 37.1. The van der Waals surface area contributed by atoms with Crippen molar-refractivity contribution in [3.63, 3.8) is 0 Å². The third kappa shape index (κ3) is 5.83. The van der Waals surface area contributed by atoms with Gasteiger partial charge in [0.2, 0.25) is 11.2 Å². The highest BCUT2D eigenvalue weighted by molar-refractivity contribution is 9.10. The minimum absolute atomic E-state index is 0.125. The second-order valence-electron chi connectivity index (χ2n) is 7.49. The van der Waals surface area contributed by atoms with Crippen LogP contribution in [0.1, 0.15) is 33.4 Å².